The lowest BCUT2D eigenvalue weighted by atomic mass is 10.2. The van der Waals surface area contributed by atoms with Crippen LogP contribution < -0.4 is 4.74 Å². The number of imide groups is 1. The molecule has 6 nitrogen and oxygen atoms in total. The Hall–Kier alpha value is -2.24. The molecule has 0 N–H and O–H groups in total. The molecule has 0 aromatic heterocycles. The van der Waals surface area contributed by atoms with E-state index in [1.54, 1.807) is 72.9 Å². The molecule has 0 heterocycles. The van der Waals surface area contributed by atoms with E-state index in [0.29, 0.717) is 5.75 Å². The summed E-state index contributed by atoms with van der Waals surface area (Å²) in [7, 11) is 1.57. The molecule has 0 spiro atoms. The first kappa shape index (κ1) is 19.8. The van der Waals surface area contributed by atoms with Gasteiger partial charge in [0, 0.05) is 0 Å². The summed E-state index contributed by atoms with van der Waals surface area (Å²) in [6, 6.07) is 7.08. The van der Waals surface area contributed by atoms with Crippen molar-refractivity contribution in [1.29, 1.82) is 0 Å². The lowest BCUT2D eigenvalue weighted by molar-refractivity contribution is -0.000243. The molecule has 0 radical (unpaired) electrons. The highest BCUT2D eigenvalue weighted by Gasteiger charge is 2.31. The van der Waals surface area contributed by atoms with Gasteiger partial charge in [-0.15, -0.1) is 0 Å². The van der Waals surface area contributed by atoms with E-state index in [2.05, 4.69) is 0 Å². The Balaban J connectivity index is 2.98. The molecule has 0 aliphatic rings. The van der Waals surface area contributed by atoms with Crippen molar-refractivity contribution in [3.8, 4) is 5.75 Å². The first-order chi connectivity index (χ1) is 10.9. The standard InChI is InChI=1S/C18H27NO5/c1-17(2,3)23-15(20)19(16(21)24-18(4,5)6)12-13-8-10-14(22-7)11-9-13/h8-11H,12H2,1-7H3. The zero-order chi connectivity index (χ0) is 18.5. The number of hydrogen-bond acceptors (Lipinski definition) is 5. The molecule has 1 aromatic rings. The van der Waals surface area contributed by atoms with Crippen molar-refractivity contribution in [3.05, 3.63) is 29.8 Å². The highest BCUT2D eigenvalue weighted by atomic mass is 16.6. The van der Waals surface area contributed by atoms with Gasteiger partial charge in [0.2, 0.25) is 0 Å². The van der Waals surface area contributed by atoms with Gasteiger partial charge >= 0.3 is 12.2 Å². The van der Waals surface area contributed by atoms with Crippen LogP contribution in [0.1, 0.15) is 47.1 Å². The predicted molar refractivity (Wildman–Crippen MR) is 91.0 cm³/mol. The van der Waals surface area contributed by atoms with Crippen molar-refractivity contribution >= 4 is 12.2 Å². The van der Waals surface area contributed by atoms with Crippen LogP contribution in [0.3, 0.4) is 0 Å². The lowest BCUT2D eigenvalue weighted by Crippen LogP contribution is -2.43. The van der Waals surface area contributed by atoms with E-state index in [1.807, 2.05) is 0 Å². The Labute approximate surface area is 143 Å². The van der Waals surface area contributed by atoms with Gasteiger partial charge < -0.3 is 14.2 Å². The second kappa shape index (κ2) is 7.55. The molecule has 1 rings (SSSR count). The van der Waals surface area contributed by atoms with E-state index in [1.165, 1.54) is 0 Å². The monoisotopic (exact) mass is 337 g/mol. The quantitative estimate of drug-likeness (QED) is 0.819. The molecule has 0 bridgehead atoms. The molecule has 0 atom stereocenters. The Morgan fingerprint density at radius 1 is 0.875 bits per heavy atom. The number of hydrogen-bond donors (Lipinski definition) is 0. The predicted octanol–water partition coefficient (Wildman–Crippen LogP) is 4.37. The first-order valence-electron chi connectivity index (χ1n) is 7.78. The Morgan fingerprint density at radius 2 is 1.29 bits per heavy atom. The second-order valence-electron chi connectivity index (χ2n) is 7.39. The van der Waals surface area contributed by atoms with Crippen LogP contribution in [0.4, 0.5) is 9.59 Å². The van der Waals surface area contributed by atoms with Crippen molar-refractivity contribution in [3.63, 3.8) is 0 Å². The molecule has 24 heavy (non-hydrogen) atoms. The van der Waals surface area contributed by atoms with Gasteiger partial charge in [0.1, 0.15) is 17.0 Å². The number of nitrogens with zero attached hydrogens (tertiary/aromatic N) is 1. The molecule has 0 fully saturated rings. The molecule has 2 amide bonds. The van der Waals surface area contributed by atoms with Crippen molar-refractivity contribution in [2.24, 2.45) is 0 Å². The number of carbonyl (C=O) groups excluding carboxylic acids is 2. The van der Waals surface area contributed by atoms with Crippen LogP contribution in [0.25, 0.3) is 0 Å². The van der Waals surface area contributed by atoms with Crippen LogP contribution in [0.5, 0.6) is 5.75 Å². The van der Waals surface area contributed by atoms with E-state index in [4.69, 9.17) is 14.2 Å². The van der Waals surface area contributed by atoms with Gasteiger partial charge in [0.05, 0.1) is 13.7 Å². The fourth-order valence-corrected chi connectivity index (χ4v) is 1.75. The van der Waals surface area contributed by atoms with Crippen molar-refractivity contribution in [1.82, 2.24) is 4.90 Å². The maximum Gasteiger partial charge on any atom is 0.420 e. The largest absolute Gasteiger partial charge is 0.497 e. The average molecular weight is 337 g/mol. The molecule has 0 saturated carbocycles. The molecular weight excluding hydrogens is 310 g/mol. The van der Waals surface area contributed by atoms with E-state index in [9.17, 15) is 9.59 Å². The highest BCUT2D eigenvalue weighted by Crippen LogP contribution is 2.18. The molecule has 0 aliphatic carbocycles. The minimum Gasteiger partial charge on any atom is -0.497 e. The summed E-state index contributed by atoms with van der Waals surface area (Å²) in [6.45, 7) is 10.5. The van der Waals surface area contributed by atoms with Gasteiger partial charge in [-0.25, -0.2) is 14.5 Å². The van der Waals surface area contributed by atoms with Crippen LogP contribution in [0.15, 0.2) is 24.3 Å². The minimum absolute atomic E-state index is 0.0494. The first-order valence-corrected chi connectivity index (χ1v) is 7.78. The number of carbonyl (C=O) groups is 2. The molecule has 0 aliphatic heterocycles. The maximum atomic E-state index is 12.4. The number of benzene rings is 1. The van der Waals surface area contributed by atoms with Gasteiger partial charge in [0.15, 0.2) is 0 Å². The van der Waals surface area contributed by atoms with E-state index < -0.39 is 23.4 Å². The number of amides is 2. The van der Waals surface area contributed by atoms with Crippen LogP contribution in [0.2, 0.25) is 0 Å². The SMILES string of the molecule is COc1ccc(CN(C(=O)OC(C)(C)C)C(=O)OC(C)(C)C)cc1. The molecule has 6 heteroatoms. The summed E-state index contributed by atoms with van der Waals surface area (Å²) < 4.78 is 15.7. The van der Waals surface area contributed by atoms with Crippen molar-refractivity contribution in [2.75, 3.05) is 7.11 Å². The third kappa shape index (κ3) is 6.89. The van der Waals surface area contributed by atoms with Gasteiger partial charge in [-0.1, -0.05) is 12.1 Å². The van der Waals surface area contributed by atoms with Crippen molar-refractivity contribution < 1.29 is 23.8 Å². The third-order valence-corrected chi connectivity index (χ3v) is 2.73. The van der Waals surface area contributed by atoms with E-state index >= 15 is 0 Å². The zero-order valence-electron chi connectivity index (χ0n) is 15.5. The molecule has 1 aromatic carbocycles. The Bertz CT molecular complexity index is 539. The van der Waals surface area contributed by atoms with Crippen LogP contribution in [-0.4, -0.2) is 35.4 Å². The summed E-state index contributed by atoms with van der Waals surface area (Å²) in [4.78, 5) is 25.7. The molecule has 134 valence electrons. The van der Waals surface area contributed by atoms with E-state index in [-0.39, 0.29) is 6.54 Å². The lowest BCUT2D eigenvalue weighted by Gasteiger charge is -2.28. The van der Waals surface area contributed by atoms with Crippen LogP contribution in [-0.2, 0) is 16.0 Å². The summed E-state index contributed by atoms with van der Waals surface area (Å²) in [5.41, 5.74) is -0.665. The van der Waals surface area contributed by atoms with Gasteiger partial charge in [-0.05, 0) is 59.2 Å². The van der Waals surface area contributed by atoms with Crippen LogP contribution in [0, 0.1) is 0 Å². The van der Waals surface area contributed by atoms with Gasteiger partial charge in [-0.3, -0.25) is 0 Å². The fourth-order valence-electron chi connectivity index (χ4n) is 1.75. The fraction of sp³-hybridized carbons (Fsp3) is 0.556. The van der Waals surface area contributed by atoms with Crippen LogP contribution >= 0.6 is 0 Å². The Morgan fingerprint density at radius 3 is 1.62 bits per heavy atom. The smallest absolute Gasteiger partial charge is 0.420 e. The zero-order valence-corrected chi connectivity index (χ0v) is 15.5. The van der Waals surface area contributed by atoms with Crippen molar-refractivity contribution in [2.45, 2.75) is 59.3 Å². The summed E-state index contributed by atoms with van der Waals surface area (Å²) in [5.74, 6) is 0.694. The maximum absolute atomic E-state index is 12.4. The molecule has 0 saturated heterocycles. The van der Waals surface area contributed by atoms with Gasteiger partial charge in [0.25, 0.3) is 0 Å². The normalized spacial score (nSPS) is 11.6. The number of ether oxygens (including phenoxy) is 3. The minimum atomic E-state index is -0.743. The molecule has 0 unspecified atom stereocenters. The molecular formula is C18H27NO5. The average Bonchev–Trinajstić information content (AvgIpc) is 2.41. The second-order valence-corrected chi connectivity index (χ2v) is 7.39. The summed E-state index contributed by atoms with van der Waals surface area (Å²) >= 11 is 0. The van der Waals surface area contributed by atoms with E-state index in [0.717, 1.165) is 10.5 Å². The third-order valence-electron chi connectivity index (χ3n) is 2.73. The number of rotatable bonds is 3. The Kier molecular flexibility index (Phi) is 6.23. The summed E-state index contributed by atoms with van der Waals surface area (Å²) in [5, 5.41) is 0. The highest BCUT2D eigenvalue weighted by molar-refractivity contribution is 5.88. The number of methoxy groups -OCH3 is 1. The van der Waals surface area contributed by atoms with Gasteiger partial charge in [-0.2, -0.15) is 0 Å². The topological polar surface area (TPSA) is 65.1 Å². The summed E-state index contributed by atoms with van der Waals surface area (Å²) in [6.07, 6.45) is -1.49.